The van der Waals surface area contributed by atoms with Gasteiger partial charge in [0.2, 0.25) is 0 Å². The second-order valence-electron chi connectivity index (χ2n) is 3.91. The quantitative estimate of drug-likeness (QED) is 0.840. The molecule has 0 aliphatic carbocycles. The maximum Gasteiger partial charge on any atom is 0.138 e. The lowest BCUT2D eigenvalue weighted by Crippen LogP contribution is -2.10. The van der Waals surface area contributed by atoms with Crippen molar-refractivity contribution in [3.8, 4) is 11.5 Å². The minimum atomic E-state index is -0.0299. The molecule has 3 N–H and O–H groups in total. The minimum Gasteiger partial charge on any atom is -0.457 e. The summed E-state index contributed by atoms with van der Waals surface area (Å²) in [6.45, 7) is -0.0299. The van der Waals surface area contributed by atoms with E-state index in [0.717, 1.165) is 10.0 Å². The number of rotatable bonds is 4. The van der Waals surface area contributed by atoms with Crippen molar-refractivity contribution in [2.24, 2.45) is 5.73 Å². The summed E-state index contributed by atoms with van der Waals surface area (Å²) in [7, 11) is 0. The van der Waals surface area contributed by atoms with Crippen molar-refractivity contribution in [3.63, 3.8) is 0 Å². The van der Waals surface area contributed by atoms with Gasteiger partial charge in [-0.15, -0.1) is 0 Å². The summed E-state index contributed by atoms with van der Waals surface area (Å²) in [5.41, 5.74) is 7.13. The van der Waals surface area contributed by atoms with Gasteiger partial charge in [0.05, 0.1) is 12.2 Å². The Morgan fingerprint density at radius 2 is 2.05 bits per heavy atom. The zero-order valence-electron chi connectivity index (χ0n) is 9.97. The molecule has 0 aliphatic rings. The monoisotopic (exact) mass is 337 g/mol. The second kappa shape index (κ2) is 6.14. The van der Waals surface area contributed by atoms with E-state index in [-0.39, 0.29) is 11.6 Å². The summed E-state index contributed by atoms with van der Waals surface area (Å²) in [6.07, 6.45) is 0. The molecule has 3 nitrogen and oxygen atoms in total. The molecule has 0 atom stereocenters. The normalized spacial score (nSPS) is 10.2. The van der Waals surface area contributed by atoms with Gasteiger partial charge in [0, 0.05) is 4.47 Å². The van der Waals surface area contributed by atoms with Crippen molar-refractivity contribution in [1.29, 1.82) is 0 Å². The highest BCUT2D eigenvalue weighted by Gasteiger charge is 2.08. The van der Waals surface area contributed by atoms with Gasteiger partial charge in [0.25, 0.3) is 0 Å². The van der Waals surface area contributed by atoms with Gasteiger partial charge in [-0.05, 0) is 35.9 Å². The smallest absolute Gasteiger partial charge is 0.138 e. The lowest BCUT2D eigenvalue weighted by Gasteiger charge is -2.11. The Hall–Kier alpha value is -1.43. The van der Waals surface area contributed by atoms with Crippen LogP contribution in [0.2, 0.25) is 0 Å². The van der Waals surface area contributed by atoms with Crippen LogP contribution in [0.3, 0.4) is 0 Å². The number of thiocarbonyl (C=S) groups is 1. The number of aliphatic hydroxyl groups excluding tert-OH is 1. The Morgan fingerprint density at radius 1 is 1.26 bits per heavy atom. The average molecular weight is 338 g/mol. The van der Waals surface area contributed by atoms with Crippen LogP contribution in [-0.2, 0) is 6.61 Å². The average Bonchev–Trinajstić information content (AvgIpc) is 2.38. The maximum atomic E-state index is 9.11. The SMILES string of the molecule is NC(=S)c1ccc(Br)cc1Oc1cccc(CO)c1. The number of ether oxygens (including phenoxy) is 1. The number of hydrogen-bond donors (Lipinski definition) is 2. The first kappa shape index (κ1) is 14.0. The summed E-state index contributed by atoms with van der Waals surface area (Å²) in [5, 5.41) is 9.11. The van der Waals surface area contributed by atoms with Gasteiger partial charge in [0.15, 0.2) is 0 Å². The number of benzene rings is 2. The molecule has 0 bridgehead atoms. The predicted molar refractivity (Wildman–Crippen MR) is 82.5 cm³/mol. The van der Waals surface area contributed by atoms with E-state index in [2.05, 4.69) is 15.9 Å². The van der Waals surface area contributed by atoms with E-state index >= 15 is 0 Å². The zero-order valence-corrected chi connectivity index (χ0v) is 12.4. The van der Waals surface area contributed by atoms with Crippen LogP contribution < -0.4 is 10.5 Å². The first-order valence-electron chi connectivity index (χ1n) is 5.57. The van der Waals surface area contributed by atoms with Gasteiger partial charge in [-0.25, -0.2) is 0 Å². The predicted octanol–water partition coefficient (Wildman–Crippen LogP) is 3.37. The summed E-state index contributed by atoms with van der Waals surface area (Å²) in [6, 6.07) is 12.7. The van der Waals surface area contributed by atoms with Crippen molar-refractivity contribution in [1.82, 2.24) is 0 Å². The Kier molecular flexibility index (Phi) is 4.52. The number of hydrogen-bond acceptors (Lipinski definition) is 3. The van der Waals surface area contributed by atoms with Crippen LogP contribution in [0.1, 0.15) is 11.1 Å². The van der Waals surface area contributed by atoms with E-state index in [4.69, 9.17) is 27.8 Å². The number of halogens is 1. The van der Waals surface area contributed by atoms with Gasteiger partial charge >= 0.3 is 0 Å². The van der Waals surface area contributed by atoms with E-state index < -0.39 is 0 Å². The molecule has 5 heteroatoms. The Balaban J connectivity index is 2.36. The van der Waals surface area contributed by atoms with Crippen molar-refractivity contribution in [2.75, 3.05) is 0 Å². The lowest BCUT2D eigenvalue weighted by molar-refractivity contribution is 0.281. The van der Waals surface area contributed by atoms with Crippen LogP contribution >= 0.6 is 28.1 Å². The number of nitrogens with two attached hydrogens (primary N) is 1. The molecule has 2 aromatic rings. The van der Waals surface area contributed by atoms with Gasteiger partial charge in [-0.3, -0.25) is 0 Å². The first-order valence-corrected chi connectivity index (χ1v) is 6.77. The van der Waals surface area contributed by atoms with Crippen LogP contribution in [0.5, 0.6) is 11.5 Å². The molecule has 0 fully saturated rings. The Bertz CT molecular complexity index is 616. The highest BCUT2D eigenvalue weighted by atomic mass is 79.9. The van der Waals surface area contributed by atoms with Gasteiger partial charge in [0.1, 0.15) is 16.5 Å². The van der Waals surface area contributed by atoms with Crippen molar-refractivity contribution >= 4 is 33.1 Å². The van der Waals surface area contributed by atoms with Crippen molar-refractivity contribution in [2.45, 2.75) is 6.61 Å². The molecule has 0 amide bonds. The molecule has 19 heavy (non-hydrogen) atoms. The molecule has 0 saturated carbocycles. The lowest BCUT2D eigenvalue weighted by atomic mass is 10.2. The third-order valence-corrected chi connectivity index (χ3v) is 3.23. The molecule has 0 aromatic heterocycles. The van der Waals surface area contributed by atoms with Crippen molar-refractivity contribution < 1.29 is 9.84 Å². The van der Waals surface area contributed by atoms with Crippen molar-refractivity contribution in [3.05, 3.63) is 58.1 Å². The van der Waals surface area contributed by atoms with Crippen LogP contribution in [0.15, 0.2) is 46.9 Å². The highest BCUT2D eigenvalue weighted by molar-refractivity contribution is 9.10. The molecule has 2 aromatic carbocycles. The largest absolute Gasteiger partial charge is 0.457 e. The van der Waals surface area contributed by atoms with E-state index in [0.29, 0.717) is 17.1 Å². The molecule has 98 valence electrons. The van der Waals surface area contributed by atoms with E-state index in [1.807, 2.05) is 24.3 Å². The fraction of sp³-hybridized carbons (Fsp3) is 0.0714. The molecule has 0 saturated heterocycles. The fourth-order valence-electron chi connectivity index (χ4n) is 1.62. The Labute approximate surface area is 125 Å². The topological polar surface area (TPSA) is 55.5 Å². The minimum absolute atomic E-state index is 0.0299. The van der Waals surface area contributed by atoms with Gasteiger partial charge in [-0.1, -0.05) is 40.3 Å². The molecule has 0 unspecified atom stereocenters. The maximum absolute atomic E-state index is 9.11. The second-order valence-corrected chi connectivity index (χ2v) is 5.27. The molecule has 0 radical (unpaired) electrons. The van der Waals surface area contributed by atoms with E-state index in [1.165, 1.54) is 0 Å². The molecule has 0 aliphatic heterocycles. The van der Waals surface area contributed by atoms with Gasteiger partial charge < -0.3 is 15.6 Å². The third kappa shape index (κ3) is 3.53. The summed E-state index contributed by atoms with van der Waals surface area (Å²) in [4.78, 5) is 0.279. The molecule has 0 spiro atoms. The van der Waals surface area contributed by atoms with Crippen LogP contribution in [0, 0.1) is 0 Å². The van der Waals surface area contributed by atoms with Crippen LogP contribution in [-0.4, -0.2) is 10.1 Å². The third-order valence-electron chi connectivity index (χ3n) is 2.52. The zero-order chi connectivity index (χ0) is 13.8. The summed E-state index contributed by atoms with van der Waals surface area (Å²) in [5.74, 6) is 1.21. The molecule has 0 heterocycles. The standard InChI is InChI=1S/C14H12BrNO2S/c15-10-4-5-12(14(16)19)13(7-10)18-11-3-1-2-9(6-11)8-17/h1-7,17H,8H2,(H2,16,19). The van der Waals surface area contributed by atoms with E-state index in [1.54, 1.807) is 18.2 Å². The summed E-state index contributed by atoms with van der Waals surface area (Å²) >= 11 is 8.38. The van der Waals surface area contributed by atoms with Gasteiger partial charge in [-0.2, -0.15) is 0 Å². The van der Waals surface area contributed by atoms with Crippen LogP contribution in [0.25, 0.3) is 0 Å². The molecule has 2 rings (SSSR count). The number of aliphatic hydroxyl groups is 1. The first-order chi connectivity index (χ1) is 9.10. The summed E-state index contributed by atoms with van der Waals surface area (Å²) < 4.78 is 6.66. The van der Waals surface area contributed by atoms with Crippen LogP contribution in [0.4, 0.5) is 0 Å². The van der Waals surface area contributed by atoms with E-state index in [9.17, 15) is 0 Å². The Morgan fingerprint density at radius 3 is 2.74 bits per heavy atom. The molecular formula is C14H12BrNO2S. The molecular weight excluding hydrogens is 326 g/mol. The highest BCUT2D eigenvalue weighted by Crippen LogP contribution is 2.29. The fourth-order valence-corrected chi connectivity index (χ4v) is 2.13.